The van der Waals surface area contributed by atoms with Crippen molar-refractivity contribution in [2.24, 2.45) is 0 Å². The van der Waals surface area contributed by atoms with Crippen LogP contribution in [0.25, 0.3) is 0 Å². The molecule has 0 unspecified atom stereocenters. The molecule has 0 saturated carbocycles. The SMILES string of the molecule is CCCCCCc1ccc(S(=O)(=O)Nc2ccc(Cl)cc2[N+](=O)[O-])cc1. The Hall–Kier alpha value is -2.12. The topological polar surface area (TPSA) is 89.3 Å². The van der Waals surface area contributed by atoms with E-state index in [1.165, 1.54) is 37.1 Å². The fraction of sp³-hybridized carbons (Fsp3) is 0.333. The normalized spacial score (nSPS) is 11.3. The maximum absolute atomic E-state index is 12.5. The van der Waals surface area contributed by atoms with E-state index in [4.69, 9.17) is 11.6 Å². The van der Waals surface area contributed by atoms with E-state index < -0.39 is 20.6 Å². The van der Waals surface area contributed by atoms with E-state index in [-0.39, 0.29) is 15.6 Å². The zero-order valence-electron chi connectivity index (χ0n) is 14.4. The largest absolute Gasteiger partial charge is 0.294 e. The zero-order valence-corrected chi connectivity index (χ0v) is 16.0. The van der Waals surface area contributed by atoms with Gasteiger partial charge in [-0.3, -0.25) is 14.8 Å². The third-order valence-corrected chi connectivity index (χ3v) is 5.57. The third kappa shape index (κ3) is 5.44. The van der Waals surface area contributed by atoms with Crippen molar-refractivity contribution in [2.45, 2.75) is 43.9 Å². The van der Waals surface area contributed by atoms with Gasteiger partial charge in [-0.05, 0) is 42.7 Å². The molecule has 0 saturated heterocycles. The van der Waals surface area contributed by atoms with E-state index in [0.29, 0.717) is 0 Å². The highest BCUT2D eigenvalue weighted by Crippen LogP contribution is 2.29. The van der Waals surface area contributed by atoms with Crippen LogP contribution in [0.15, 0.2) is 47.4 Å². The third-order valence-electron chi connectivity index (χ3n) is 3.95. The van der Waals surface area contributed by atoms with Crippen LogP contribution in [0.5, 0.6) is 0 Å². The second-order valence-electron chi connectivity index (χ2n) is 5.98. The molecular weight excluding hydrogens is 376 g/mol. The molecule has 26 heavy (non-hydrogen) atoms. The van der Waals surface area contributed by atoms with Crippen LogP contribution in [0, 0.1) is 10.1 Å². The van der Waals surface area contributed by atoms with E-state index in [1.807, 2.05) is 0 Å². The van der Waals surface area contributed by atoms with Crippen molar-refractivity contribution < 1.29 is 13.3 Å². The Kier molecular flexibility index (Phi) is 6.99. The highest BCUT2D eigenvalue weighted by molar-refractivity contribution is 7.92. The lowest BCUT2D eigenvalue weighted by molar-refractivity contribution is -0.383. The lowest BCUT2D eigenvalue weighted by atomic mass is 10.1. The molecule has 0 amide bonds. The molecule has 0 spiro atoms. The lowest BCUT2D eigenvalue weighted by Gasteiger charge is -2.09. The number of nitro groups is 1. The lowest BCUT2D eigenvalue weighted by Crippen LogP contribution is -2.14. The number of nitrogens with one attached hydrogen (secondary N) is 1. The number of rotatable bonds is 9. The molecule has 6 nitrogen and oxygen atoms in total. The minimum atomic E-state index is -3.93. The molecule has 0 radical (unpaired) electrons. The van der Waals surface area contributed by atoms with Gasteiger partial charge in [0.1, 0.15) is 5.69 Å². The summed E-state index contributed by atoms with van der Waals surface area (Å²) in [7, 11) is -3.93. The van der Waals surface area contributed by atoms with Gasteiger partial charge in [-0.1, -0.05) is 49.9 Å². The zero-order chi connectivity index (χ0) is 19.2. The van der Waals surface area contributed by atoms with E-state index in [1.54, 1.807) is 12.1 Å². The van der Waals surface area contributed by atoms with Crippen molar-refractivity contribution in [1.82, 2.24) is 0 Å². The summed E-state index contributed by atoms with van der Waals surface area (Å²) in [4.78, 5) is 10.5. The number of sulfonamides is 1. The average Bonchev–Trinajstić information content (AvgIpc) is 2.60. The first-order valence-electron chi connectivity index (χ1n) is 8.39. The smallest absolute Gasteiger partial charge is 0.273 e. The van der Waals surface area contributed by atoms with Crippen LogP contribution in [0.1, 0.15) is 38.2 Å². The van der Waals surface area contributed by atoms with Gasteiger partial charge in [-0.2, -0.15) is 0 Å². The van der Waals surface area contributed by atoms with Crippen molar-refractivity contribution in [1.29, 1.82) is 0 Å². The van der Waals surface area contributed by atoms with Crippen LogP contribution < -0.4 is 4.72 Å². The molecule has 0 fully saturated rings. The van der Waals surface area contributed by atoms with E-state index >= 15 is 0 Å². The number of nitrogens with zero attached hydrogens (tertiary/aromatic N) is 1. The predicted molar refractivity (Wildman–Crippen MR) is 103 cm³/mol. The molecule has 140 valence electrons. The maximum atomic E-state index is 12.5. The molecular formula is C18H21ClN2O4S. The molecule has 0 aromatic heterocycles. The van der Waals surface area contributed by atoms with Crippen LogP contribution in [-0.4, -0.2) is 13.3 Å². The van der Waals surface area contributed by atoms with Gasteiger partial charge in [-0.25, -0.2) is 8.42 Å². The molecule has 2 aromatic carbocycles. The second kappa shape index (κ2) is 9.00. The summed E-state index contributed by atoms with van der Waals surface area (Å²) in [6.45, 7) is 2.15. The summed E-state index contributed by atoms with van der Waals surface area (Å²) in [5.41, 5.74) is 0.550. The number of aryl methyl sites for hydroxylation is 1. The Balaban J connectivity index is 2.14. The van der Waals surface area contributed by atoms with Crippen LogP contribution in [0.4, 0.5) is 11.4 Å². The van der Waals surface area contributed by atoms with Gasteiger partial charge >= 0.3 is 0 Å². The monoisotopic (exact) mass is 396 g/mol. The summed E-state index contributed by atoms with van der Waals surface area (Å²) >= 11 is 5.75. The molecule has 2 aromatic rings. The standard InChI is InChI=1S/C18H21ClN2O4S/c1-2-3-4-5-6-14-7-10-16(11-8-14)26(24,25)20-17-12-9-15(19)13-18(17)21(22)23/h7-13,20H,2-6H2,1H3. The minimum Gasteiger partial charge on any atom is -0.273 e. The van der Waals surface area contributed by atoms with Gasteiger partial charge in [0.15, 0.2) is 0 Å². The molecule has 0 atom stereocenters. The Morgan fingerprint density at radius 2 is 1.77 bits per heavy atom. The molecule has 1 N–H and O–H groups in total. The molecule has 2 rings (SSSR count). The number of anilines is 1. The van der Waals surface area contributed by atoms with Crippen LogP contribution in [0.2, 0.25) is 5.02 Å². The number of hydrogen-bond acceptors (Lipinski definition) is 4. The molecule has 0 heterocycles. The minimum absolute atomic E-state index is 0.0547. The van der Waals surface area contributed by atoms with Gasteiger partial charge < -0.3 is 0 Å². The molecule has 0 aliphatic heterocycles. The molecule has 8 heteroatoms. The predicted octanol–water partition coefficient (Wildman–Crippen LogP) is 5.17. The number of unbranched alkanes of at least 4 members (excludes halogenated alkanes) is 3. The van der Waals surface area contributed by atoms with Gasteiger partial charge in [-0.15, -0.1) is 0 Å². The fourth-order valence-electron chi connectivity index (χ4n) is 2.54. The van der Waals surface area contributed by atoms with Gasteiger partial charge in [0.05, 0.1) is 9.82 Å². The highest BCUT2D eigenvalue weighted by Gasteiger charge is 2.21. The fourth-order valence-corrected chi connectivity index (χ4v) is 3.78. The van der Waals surface area contributed by atoms with Crippen molar-refractivity contribution in [3.05, 3.63) is 63.2 Å². The van der Waals surface area contributed by atoms with E-state index in [0.717, 1.165) is 30.9 Å². The summed E-state index contributed by atoms with van der Waals surface area (Å²) in [5, 5.41) is 11.3. The molecule has 0 aliphatic rings. The second-order valence-corrected chi connectivity index (χ2v) is 8.10. The van der Waals surface area contributed by atoms with Crippen LogP contribution in [-0.2, 0) is 16.4 Å². The van der Waals surface area contributed by atoms with Crippen molar-refractivity contribution >= 4 is 33.0 Å². The van der Waals surface area contributed by atoms with Crippen molar-refractivity contribution in [3.63, 3.8) is 0 Å². The van der Waals surface area contributed by atoms with Crippen LogP contribution in [0.3, 0.4) is 0 Å². The van der Waals surface area contributed by atoms with Gasteiger partial charge in [0, 0.05) is 11.1 Å². The summed E-state index contributed by atoms with van der Waals surface area (Å²) in [6.07, 6.45) is 5.47. The first-order chi connectivity index (χ1) is 12.3. The maximum Gasteiger partial charge on any atom is 0.294 e. The highest BCUT2D eigenvalue weighted by atomic mass is 35.5. The average molecular weight is 397 g/mol. The number of benzene rings is 2. The van der Waals surface area contributed by atoms with Gasteiger partial charge in [0.25, 0.3) is 15.7 Å². The first-order valence-corrected chi connectivity index (χ1v) is 10.3. The van der Waals surface area contributed by atoms with Crippen molar-refractivity contribution in [2.75, 3.05) is 4.72 Å². The van der Waals surface area contributed by atoms with Gasteiger partial charge in [0.2, 0.25) is 0 Å². The molecule has 0 aliphatic carbocycles. The van der Waals surface area contributed by atoms with Crippen molar-refractivity contribution in [3.8, 4) is 0 Å². The Morgan fingerprint density at radius 1 is 1.08 bits per heavy atom. The Bertz CT molecular complexity index is 867. The number of hydrogen-bond donors (Lipinski definition) is 1. The summed E-state index contributed by atoms with van der Waals surface area (Å²) < 4.78 is 27.3. The summed E-state index contributed by atoms with van der Waals surface area (Å²) in [5.74, 6) is 0. The van der Waals surface area contributed by atoms with Crippen LogP contribution >= 0.6 is 11.6 Å². The number of nitro benzene ring substituents is 1. The Labute approximate surface area is 158 Å². The first kappa shape index (κ1) is 20.2. The Morgan fingerprint density at radius 3 is 2.38 bits per heavy atom. The quantitative estimate of drug-likeness (QED) is 0.359. The summed E-state index contributed by atoms with van der Waals surface area (Å²) in [6, 6.07) is 10.4. The molecule has 0 bridgehead atoms. The van der Waals surface area contributed by atoms with E-state index in [9.17, 15) is 18.5 Å². The van der Waals surface area contributed by atoms with E-state index in [2.05, 4.69) is 11.6 Å². The number of halogens is 1.